The van der Waals surface area contributed by atoms with E-state index in [2.05, 4.69) is 19.9 Å². The predicted octanol–water partition coefficient (Wildman–Crippen LogP) is 4.52. The Bertz CT molecular complexity index is 1600. The second kappa shape index (κ2) is 11.3. The Morgan fingerprint density at radius 3 is 2.20 bits per heavy atom. The van der Waals surface area contributed by atoms with E-state index >= 15 is 0 Å². The van der Waals surface area contributed by atoms with Gasteiger partial charge in [-0.1, -0.05) is 23.2 Å². The van der Waals surface area contributed by atoms with E-state index in [9.17, 15) is 41.4 Å². The Morgan fingerprint density at radius 2 is 1.61 bits per heavy atom. The summed E-state index contributed by atoms with van der Waals surface area (Å²) in [7, 11) is 0. The third-order valence-electron chi connectivity index (χ3n) is 5.48. The lowest BCUT2D eigenvalue weighted by Gasteiger charge is -2.15. The highest BCUT2D eigenvalue weighted by Gasteiger charge is 2.39. The van der Waals surface area contributed by atoms with Crippen molar-refractivity contribution < 1.29 is 41.3 Å². The lowest BCUT2D eigenvalue weighted by Crippen LogP contribution is -2.37. The number of aliphatic hydroxyl groups is 2. The molecular weight excluding hydrogens is 609 g/mol. The first-order valence-electron chi connectivity index (χ1n) is 11.4. The standard InChI is InChI=1S/C23H18Cl2F6N6O4/c1-11(38)19-32-18(33-37(19)15-7-6-14(25)8-16(15)41-23(29,30)31)10-36-21(40)35(9-17(39)22(26,27)28)20(34-36)12-2-4-13(24)5-3-12/h2-8,11,17,38-39H,9-10H2,1H3. The number of alkyl halides is 6. The maximum atomic E-state index is 13.1. The number of ether oxygens (including phenoxy) is 1. The van der Waals surface area contributed by atoms with Gasteiger partial charge in [0.25, 0.3) is 0 Å². The number of benzene rings is 2. The maximum Gasteiger partial charge on any atom is 0.573 e. The van der Waals surface area contributed by atoms with Gasteiger partial charge in [0.1, 0.15) is 18.3 Å². The second-order valence-corrected chi connectivity index (χ2v) is 9.45. The van der Waals surface area contributed by atoms with Crippen LogP contribution in [-0.4, -0.2) is 58.0 Å². The fourth-order valence-corrected chi connectivity index (χ4v) is 3.97. The Balaban J connectivity index is 1.79. The summed E-state index contributed by atoms with van der Waals surface area (Å²) < 4.78 is 84.6. The third kappa shape index (κ3) is 7.01. The molecule has 0 radical (unpaired) electrons. The lowest BCUT2D eigenvalue weighted by molar-refractivity contribution is -0.274. The van der Waals surface area contributed by atoms with Crippen LogP contribution in [0.2, 0.25) is 10.0 Å². The average Bonchev–Trinajstić information content (AvgIpc) is 3.40. The highest BCUT2D eigenvalue weighted by molar-refractivity contribution is 6.31. The number of halogens is 8. The maximum absolute atomic E-state index is 13.1. The van der Waals surface area contributed by atoms with Gasteiger partial charge in [0.05, 0.1) is 6.54 Å². The molecular formula is C23H18Cl2F6N6O4. The van der Waals surface area contributed by atoms with Crippen LogP contribution in [0.4, 0.5) is 26.3 Å². The van der Waals surface area contributed by atoms with Gasteiger partial charge in [-0.15, -0.1) is 23.4 Å². The van der Waals surface area contributed by atoms with Crippen molar-refractivity contribution >= 4 is 23.2 Å². The van der Waals surface area contributed by atoms with Gasteiger partial charge in [-0.3, -0.25) is 4.57 Å². The lowest BCUT2D eigenvalue weighted by atomic mass is 10.2. The molecule has 0 amide bonds. The number of nitrogens with zero attached hydrogens (tertiary/aromatic N) is 6. The number of hydrogen-bond acceptors (Lipinski definition) is 7. The zero-order chi connectivity index (χ0) is 30.3. The summed E-state index contributed by atoms with van der Waals surface area (Å²) in [5.41, 5.74) is -1.20. The van der Waals surface area contributed by atoms with Crippen LogP contribution in [0, 0.1) is 0 Å². The van der Waals surface area contributed by atoms with E-state index in [1.165, 1.54) is 37.3 Å². The topological polar surface area (TPSA) is 120 Å². The van der Waals surface area contributed by atoms with E-state index in [1.807, 2.05) is 0 Å². The molecule has 41 heavy (non-hydrogen) atoms. The van der Waals surface area contributed by atoms with E-state index in [4.69, 9.17) is 23.2 Å². The smallest absolute Gasteiger partial charge is 0.403 e. The first kappa shape index (κ1) is 30.4. The minimum absolute atomic E-state index is 0.0974. The third-order valence-corrected chi connectivity index (χ3v) is 5.96. The average molecular weight is 627 g/mol. The summed E-state index contributed by atoms with van der Waals surface area (Å²) in [6.07, 6.45) is -14.4. The van der Waals surface area contributed by atoms with E-state index in [0.717, 1.165) is 16.8 Å². The van der Waals surface area contributed by atoms with Gasteiger partial charge >= 0.3 is 18.2 Å². The van der Waals surface area contributed by atoms with Crippen molar-refractivity contribution in [1.82, 2.24) is 29.1 Å². The fourth-order valence-electron chi connectivity index (χ4n) is 3.68. The molecule has 4 rings (SSSR count). The van der Waals surface area contributed by atoms with Crippen molar-refractivity contribution in [2.45, 2.75) is 44.8 Å². The highest BCUT2D eigenvalue weighted by Crippen LogP contribution is 2.33. The van der Waals surface area contributed by atoms with Crippen LogP contribution in [0.3, 0.4) is 0 Å². The zero-order valence-electron chi connectivity index (χ0n) is 20.5. The minimum atomic E-state index is -5.10. The minimum Gasteiger partial charge on any atom is -0.403 e. The molecule has 0 aliphatic rings. The van der Waals surface area contributed by atoms with Gasteiger partial charge in [-0.25, -0.2) is 19.1 Å². The van der Waals surface area contributed by atoms with Crippen molar-refractivity contribution in [3.8, 4) is 22.8 Å². The normalized spacial score (nSPS) is 13.8. The molecule has 0 aliphatic carbocycles. The summed E-state index contributed by atoms with van der Waals surface area (Å²) >= 11 is 11.7. The second-order valence-electron chi connectivity index (χ2n) is 8.57. The SMILES string of the molecule is CC(O)c1nc(Cn2nc(-c3ccc(Cl)cc3)n(CC(O)C(F)(F)F)c2=O)nn1-c1ccc(Cl)cc1OC(F)(F)F. The first-order valence-corrected chi connectivity index (χ1v) is 12.2. The van der Waals surface area contributed by atoms with Gasteiger partial charge in [-0.05, 0) is 43.3 Å². The summed E-state index contributed by atoms with van der Waals surface area (Å²) in [6.45, 7) is -0.517. The summed E-state index contributed by atoms with van der Waals surface area (Å²) in [5.74, 6) is -1.52. The first-order chi connectivity index (χ1) is 19.0. The van der Waals surface area contributed by atoms with Crippen molar-refractivity contribution in [3.63, 3.8) is 0 Å². The number of rotatable bonds is 8. The van der Waals surface area contributed by atoms with E-state index < -0.39 is 49.3 Å². The summed E-state index contributed by atoms with van der Waals surface area (Å²) in [6, 6.07) is 8.85. The molecule has 0 fully saturated rings. The van der Waals surface area contributed by atoms with Crippen LogP contribution in [-0.2, 0) is 13.1 Å². The van der Waals surface area contributed by atoms with Gasteiger partial charge in [0.2, 0.25) is 0 Å². The van der Waals surface area contributed by atoms with Gasteiger partial charge in [0, 0.05) is 21.7 Å². The number of hydrogen-bond donors (Lipinski definition) is 2. The zero-order valence-corrected chi connectivity index (χ0v) is 22.0. The molecule has 0 spiro atoms. The summed E-state index contributed by atoms with van der Waals surface area (Å²) in [4.78, 5) is 17.2. The molecule has 18 heteroatoms. The molecule has 10 nitrogen and oxygen atoms in total. The molecule has 2 N–H and O–H groups in total. The number of aliphatic hydroxyl groups excluding tert-OH is 2. The Labute approximate surface area is 235 Å². The van der Waals surface area contributed by atoms with Gasteiger partial charge in [-0.2, -0.15) is 13.2 Å². The molecule has 2 atom stereocenters. The van der Waals surface area contributed by atoms with Crippen molar-refractivity contribution in [2.24, 2.45) is 0 Å². The molecule has 0 saturated carbocycles. The molecule has 4 aromatic rings. The Hall–Kier alpha value is -3.60. The number of aromatic nitrogens is 6. The molecule has 2 aromatic heterocycles. The molecule has 0 aliphatic heterocycles. The van der Waals surface area contributed by atoms with Crippen LogP contribution < -0.4 is 10.4 Å². The van der Waals surface area contributed by atoms with E-state index in [1.54, 1.807) is 0 Å². The van der Waals surface area contributed by atoms with Crippen LogP contribution in [0.25, 0.3) is 17.1 Å². The van der Waals surface area contributed by atoms with Crippen LogP contribution in [0.15, 0.2) is 47.3 Å². The van der Waals surface area contributed by atoms with Crippen molar-refractivity contribution in [2.75, 3.05) is 0 Å². The Morgan fingerprint density at radius 1 is 0.976 bits per heavy atom. The quantitative estimate of drug-likeness (QED) is 0.276. The van der Waals surface area contributed by atoms with Crippen molar-refractivity contribution in [1.29, 1.82) is 0 Å². The molecule has 0 bridgehead atoms. The van der Waals surface area contributed by atoms with Gasteiger partial charge < -0.3 is 14.9 Å². The highest BCUT2D eigenvalue weighted by atomic mass is 35.5. The van der Waals surface area contributed by atoms with Crippen LogP contribution in [0.5, 0.6) is 5.75 Å². The molecule has 2 heterocycles. The molecule has 0 saturated heterocycles. The van der Waals surface area contributed by atoms with Crippen LogP contribution >= 0.6 is 23.2 Å². The van der Waals surface area contributed by atoms with E-state index in [0.29, 0.717) is 14.3 Å². The fraction of sp³-hybridized carbons (Fsp3) is 0.304. The van der Waals surface area contributed by atoms with E-state index in [-0.39, 0.29) is 33.7 Å². The largest absolute Gasteiger partial charge is 0.573 e. The van der Waals surface area contributed by atoms with Crippen LogP contribution in [0.1, 0.15) is 24.7 Å². The monoisotopic (exact) mass is 626 g/mol. The Kier molecular flexibility index (Phi) is 8.40. The predicted molar refractivity (Wildman–Crippen MR) is 132 cm³/mol. The van der Waals surface area contributed by atoms with Crippen molar-refractivity contribution in [3.05, 3.63) is 74.6 Å². The summed E-state index contributed by atoms with van der Waals surface area (Å²) in [5, 5.41) is 28.2. The molecule has 2 aromatic carbocycles. The molecule has 220 valence electrons. The molecule has 2 unspecified atom stereocenters. The van der Waals surface area contributed by atoms with Gasteiger partial charge in [0.15, 0.2) is 29.3 Å².